The highest BCUT2D eigenvalue weighted by molar-refractivity contribution is 7.13. The molecule has 6 nitrogen and oxygen atoms in total. The van der Waals surface area contributed by atoms with Gasteiger partial charge < -0.3 is 15.2 Å². The summed E-state index contributed by atoms with van der Waals surface area (Å²) in [6, 6.07) is 11.4. The second-order valence-electron chi connectivity index (χ2n) is 6.70. The Morgan fingerprint density at radius 2 is 1.82 bits per heavy atom. The number of hydrogen-bond donors (Lipinski definition) is 2. The average Bonchev–Trinajstić information content (AvgIpc) is 3.08. The van der Waals surface area contributed by atoms with Gasteiger partial charge in [0.15, 0.2) is 0 Å². The minimum absolute atomic E-state index is 0.134. The number of rotatable bonds is 6. The second kappa shape index (κ2) is 7.98. The first kappa shape index (κ1) is 19.8. The normalized spacial score (nSPS) is 13.1. The Morgan fingerprint density at radius 3 is 2.46 bits per heavy atom. The smallest absolute Gasteiger partial charge is 0.347 e. The van der Waals surface area contributed by atoms with Gasteiger partial charge in [0.1, 0.15) is 15.6 Å². The van der Waals surface area contributed by atoms with Crippen LogP contribution >= 0.6 is 11.3 Å². The van der Waals surface area contributed by atoms with Crippen molar-refractivity contribution in [1.29, 1.82) is 0 Å². The summed E-state index contributed by atoms with van der Waals surface area (Å²) in [5, 5.41) is 14.8. The molecule has 0 aliphatic carbocycles. The number of aromatic nitrogens is 1. The van der Waals surface area contributed by atoms with Crippen molar-refractivity contribution in [1.82, 2.24) is 10.3 Å². The van der Waals surface area contributed by atoms with Gasteiger partial charge in [0.2, 0.25) is 5.91 Å². The molecule has 0 aliphatic rings. The van der Waals surface area contributed by atoms with E-state index in [-0.39, 0.29) is 22.7 Å². The van der Waals surface area contributed by atoms with Gasteiger partial charge in [-0.15, -0.1) is 11.3 Å². The number of carbonyl (C=O) groups is 2. The van der Waals surface area contributed by atoms with Crippen molar-refractivity contribution in [3.05, 3.63) is 57.5 Å². The maximum absolute atomic E-state index is 12.7. The molecule has 2 atom stereocenters. The first-order chi connectivity index (χ1) is 13.3. The molecule has 0 bridgehead atoms. The molecule has 0 radical (unpaired) electrons. The molecular weight excluding hydrogens is 376 g/mol. The number of nitrogens with one attached hydrogen (secondary N) is 1. The van der Waals surface area contributed by atoms with E-state index in [9.17, 15) is 14.7 Å². The number of fused-ring (bicyclic) bond motifs is 1. The van der Waals surface area contributed by atoms with E-state index in [0.717, 1.165) is 33.4 Å². The van der Waals surface area contributed by atoms with Crippen LogP contribution in [0, 0.1) is 6.92 Å². The summed E-state index contributed by atoms with van der Waals surface area (Å²) in [7, 11) is 1.63. The summed E-state index contributed by atoms with van der Waals surface area (Å²) in [4.78, 5) is 28.4. The second-order valence-corrected chi connectivity index (χ2v) is 7.73. The van der Waals surface area contributed by atoms with Crippen LogP contribution in [0.4, 0.5) is 0 Å². The summed E-state index contributed by atoms with van der Waals surface area (Å²) in [5.74, 6) is -0.695. The number of hydrogen-bond acceptors (Lipinski definition) is 5. The zero-order chi connectivity index (χ0) is 20.4. The number of ether oxygens (including phenoxy) is 1. The Hall–Kier alpha value is -2.93. The SMILES string of the molecule is COc1ccc2cc(C(C)C(=O)NC(C)c3nc(C)c(C(=O)O)s3)ccc2c1. The van der Waals surface area contributed by atoms with Crippen molar-refractivity contribution in [2.24, 2.45) is 0 Å². The van der Waals surface area contributed by atoms with Crippen molar-refractivity contribution < 1.29 is 19.4 Å². The van der Waals surface area contributed by atoms with Crippen LogP contribution in [0.15, 0.2) is 36.4 Å². The molecular formula is C21H22N2O4S. The summed E-state index contributed by atoms with van der Waals surface area (Å²) in [6.07, 6.45) is 0. The maximum atomic E-state index is 12.7. The number of amides is 1. The number of carboxylic acids is 1. The van der Waals surface area contributed by atoms with Gasteiger partial charge in [-0.25, -0.2) is 9.78 Å². The first-order valence-corrected chi connectivity index (χ1v) is 9.70. The number of methoxy groups -OCH3 is 1. The predicted octanol–water partition coefficient (Wildman–Crippen LogP) is 4.29. The predicted molar refractivity (Wildman–Crippen MR) is 109 cm³/mol. The molecule has 0 fully saturated rings. The van der Waals surface area contributed by atoms with Crippen LogP contribution in [0.25, 0.3) is 10.8 Å². The standard InChI is InChI=1S/C21H22N2O4S/c1-11(14-5-6-16-10-17(27-4)8-7-15(16)9-14)19(24)22-13(3)20-23-12(2)18(28-20)21(25)26/h5-11,13H,1-4H3,(H,22,24)(H,25,26). The molecule has 7 heteroatoms. The van der Waals surface area contributed by atoms with Crippen LogP contribution < -0.4 is 10.1 Å². The molecule has 3 rings (SSSR count). The Morgan fingerprint density at radius 1 is 1.14 bits per heavy atom. The minimum atomic E-state index is -0.999. The van der Waals surface area contributed by atoms with Crippen LogP contribution in [-0.4, -0.2) is 29.1 Å². The molecule has 2 aromatic carbocycles. The highest BCUT2D eigenvalue weighted by Gasteiger charge is 2.22. The lowest BCUT2D eigenvalue weighted by molar-refractivity contribution is -0.122. The molecule has 28 heavy (non-hydrogen) atoms. The van der Waals surface area contributed by atoms with E-state index in [1.165, 1.54) is 0 Å². The Kier molecular flexibility index (Phi) is 5.65. The van der Waals surface area contributed by atoms with Crippen LogP contribution in [0.5, 0.6) is 5.75 Å². The van der Waals surface area contributed by atoms with Gasteiger partial charge in [-0.3, -0.25) is 4.79 Å². The average molecular weight is 398 g/mol. The number of benzene rings is 2. The lowest BCUT2D eigenvalue weighted by Gasteiger charge is -2.17. The lowest BCUT2D eigenvalue weighted by Crippen LogP contribution is -2.30. The van der Waals surface area contributed by atoms with E-state index in [4.69, 9.17) is 4.74 Å². The third kappa shape index (κ3) is 3.99. The molecule has 3 aromatic rings. The largest absolute Gasteiger partial charge is 0.497 e. The highest BCUT2D eigenvalue weighted by atomic mass is 32.1. The van der Waals surface area contributed by atoms with E-state index in [1.807, 2.05) is 43.3 Å². The Labute approximate surface area is 167 Å². The topological polar surface area (TPSA) is 88.5 Å². The van der Waals surface area contributed by atoms with Crippen LogP contribution in [0.2, 0.25) is 0 Å². The molecule has 1 aromatic heterocycles. The maximum Gasteiger partial charge on any atom is 0.347 e. The fourth-order valence-corrected chi connectivity index (χ4v) is 3.90. The number of thiazole rings is 1. The fraction of sp³-hybridized carbons (Fsp3) is 0.286. The summed E-state index contributed by atoms with van der Waals surface area (Å²) in [6.45, 7) is 5.31. The zero-order valence-corrected chi connectivity index (χ0v) is 17.0. The first-order valence-electron chi connectivity index (χ1n) is 8.89. The van der Waals surface area contributed by atoms with E-state index < -0.39 is 5.97 Å². The van der Waals surface area contributed by atoms with Crippen molar-refractivity contribution in [3.8, 4) is 5.75 Å². The van der Waals surface area contributed by atoms with Gasteiger partial charge in [-0.2, -0.15) is 0 Å². The molecule has 0 saturated heterocycles. The van der Waals surface area contributed by atoms with Gasteiger partial charge >= 0.3 is 5.97 Å². The zero-order valence-electron chi connectivity index (χ0n) is 16.1. The van der Waals surface area contributed by atoms with Crippen LogP contribution in [-0.2, 0) is 4.79 Å². The van der Waals surface area contributed by atoms with E-state index in [1.54, 1.807) is 21.0 Å². The molecule has 0 saturated carbocycles. The number of aryl methyl sites for hydroxylation is 1. The van der Waals surface area contributed by atoms with Gasteiger partial charge in [0, 0.05) is 0 Å². The quantitative estimate of drug-likeness (QED) is 0.647. The molecule has 146 valence electrons. The minimum Gasteiger partial charge on any atom is -0.497 e. The third-order valence-corrected chi connectivity index (χ3v) is 6.03. The molecule has 1 amide bonds. The van der Waals surface area contributed by atoms with Crippen molar-refractivity contribution in [2.45, 2.75) is 32.7 Å². The van der Waals surface area contributed by atoms with Gasteiger partial charge in [-0.05, 0) is 49.2 Å². The van der Waals surface area contributed by atoms with Crippen LogP contribution in [0.1, 0.15) is 51.7 Å². The van der Waals surface area contributed by atoms with Crippen molar-refractivity contribution >= 4 is 34.0 Å². The molecule has 2 N–H and O–H groups in total. The highest BCUT2D eigenvalue weighted by Crippen LogP contribution is 2.27. The third-order valence-electron chi connectivity index (χ3n) is 4.70. The number of aromatic carboxylic acids is 1. The Bertz CT molecular complexity index is 1040. The molecule has 1 heterocycles. The van der Waals surface area contributed by atoms with Crippen molar-refractivity contribution in [3.63, 3.8) is 0 Å². The molecule has 0 spiro atoms. The monoisotopic (exact) mass is 398 g/mol. The summed E-state index contributed by atoms with van der Waals surface area (Å²) in [5.41, 5.74) is 1.37. The van der Waals surface area contributed by atoms with Crippen molar-refractivity contribution in [2.75, 3.05) is 7.11 Å². The van der Waals surface area contributed by atoms with Crippen LogP contribution in [0.3, 0.4) is 0 Å². The lowest BCUT2D eigenvalue weighted by atomic mass is 9.97. The molecule has 2 unspecified atom stereocenters. The molecule has 0 aliphatic heterocycles. The van der Waals surface area contributed by atoms with E-state index in [2.05, 4.69) is 10.3 Å². The fourth-order valence-electron chi connectivity index (χ4n) is 2.99. The summed E-state index contributed by atoms with van der Waals surface area (Å²) < 4.78 is 5.24. The van der Waals surface area contributed by atoms with E-state index >= 15 is 0 Å². The summed E-state index contributed by atoms with van der Waals surface area (Å²) >= 11 is 1.09. The van der Waals surface area contributed by atoms with Gasteiger partial charge in [0.25, 0.3) is 0 Å². The Balaban J connectivity index is 1.75. The van der Waals surface area contributed by atoms with E-state index in [0.29, 0.717) is 10.7 Å². The number of carboxylic acid groups (broad SMARTS) is 1. The van der Waals surface area contributed by atoms with Gasteiger partial charge in [-0.1, -0.05) is 24.3 Å². The number of carbonyl (C=O) groups excluding carboxylic acids is 1. The number of nitrogens with zero attached hydrogens (tertiary/aromatic N) is 1. The van der Waals surface area contributed by atoms with Gasteiger partial charge in [0.05, 0.1) is 24.8 Å².